The van der Waals surface area contributed by atoms with Gasteiger partial charge in [0.2, 0.25) is 11.8 Å². The van der Waals surface area contributed by atoms with Crippen LogP contribution in [0.3, 0.4) is 0 Å². The van der Waals surface area contributed by atoms with E-state index >= 15 is 0 Å². The van der Waals surface area contributed by atoms with Crippen molar-refractivity contribution in [3.8, 4) is 0 Å². The molecular formula is C15H24N2O2. The zero-order valence-corrected chi connectivity index (χ0v) is 11.6. The van der Waals surface area contributed by atoms with Gasteiger partial charge in [0.05, 0.1) is 6.54 Å². The maximum absolute atomic E-state index is 12.5. The average Bonchev–Trinajstić information content (AvgIpc) is 2.46. The third kappa shape index (κ3) is 2.15. The molecule has 0 aromatic carbocycles. The van der Waals surface area contributed by atoms with Crippen LogP contribution >= 0.6 is 0 Å². The second-order valence-electron chi connectivity index (χ2n) is 6.33. The van der Waals surface area contributed by atoms with Crippen molar-refractivity contribution in [2.24, 2.45) is 0 Å². The van der Waals surface area contributed by atoms with Gasteiger partial charge < -0.3 is 10.2 Å². The van der Waals surface area contributed by atoms with E-state index in [1.165, 1.54) is 25.7 Å². The Labute approximate surface area is 114 Å². The molecule has 0 radical (unpaired) electrons. The summed E-state index contributed by atoms with van der Waals surface area (Å²) in [6.45, 7) is 0.205. The van der Waals surface area contributed by atoms with Gasteiger partial charge in [-0.1, -0.05) is 38.5 Å². The third-order valence-corrected chi connectivity index (χ3v) is 5.17. The van der Waals surface area contributed by atoms with Gasteiger partial charge in [-0.2, -0.15) is 0 Å². The second-order valence-corrected chi connectivity index (χ2v) is 6.33. The topological polar surface area (TPSA) is 49.4 Å². The molecule has 1 heterocycles. The largest absolute Gasteiger partial charge is 0.345 e. The highest BCUT2D eigenvalue weighted by Gasteiger charge is 2.51. The Kier molecular flexibility index (Phi) is 3.50. The van der Waals surface area contributed by atoms with E-state index < -0.39 is 5.54 Å². The van der Waals surface area contributed by atoms with Crippen LogP contribution in [0.1, 0.15) is 64.2 Å². The molecule has 0 bridgehead atoms. The first-order chi connectivity index (χ1) is 9.24. The van der Waals surface area contributed by atoms with Crippen LogP contribution in [0.15, 0.2) is 0 Å². The van der Waals surface area contributed by atoms with Crippen LogP contribution < -0.4 is 5.32 Å². The Bertz CT molecular complexity index is 368. The second kappa shape index (κ2) is 5.14. The highest BCUT2D eigenvalue weighted by atomic mass is 16.2. The van der Waals surface area contributed by atoms with Gasteiger partial charge in [0, 0.05) is 6.04 Å². The smallest absolute Gasteiger partial charge is 0.246 e. The molecule has 1 aliphatic heterocycles. The van der Waals surface area contributed by atoms with Crippen molar-refractivity contribution in [1.29, 1.82) is 0 Å². The van der Waals surface area contributed by atoms with Crippen LogP contribution in [0, 0.1) is 0 Å². The van der Waals surface area contributed by atoms with Crippen LogP contribution in [-0.2, 0) is 9.59 Å². The van der Waals surface area contributed by atoms with Gasteiger partial charge in [0.25, 0.3) is 0 Å². The predicted octanol–water partition coefficient (Wildman–Crippen LogP) is 1.98. The SMILES string of the molecule is O=C1CNC(=O)C2(CCCCC2)N1C1CCCCC1. The van der Waals surface area contributed by atoms with Gasteiger partial charge >= 0.3 is 0 Å². The fourth-order valence-electron chi connectivity index (χ4n) is 4.25. The molecule has 4 heteroatoms. The molecule has 3 aliphatic rings. The number of amides is 2. The van der Waals surface area contributed by atoms with Crippen LogP contribution in [0.2, 0.25) is 0 Å². The van der Waals surface area contributed by atoms with E-state index in [4.69, 9.17) is 0 Å². The lowest BCUT2D eigenvalue weighted by Gasteiger charge is -2.52. The van der Waals surface area contributed by atoms with Gasteiger partial charge in [-0.25, -0.2) is 0 Å². The molecule has 3 rings (SSSR count). The Hall–Kier alpha value is -1.06. The van der Waals surface area contributed by atoms with Gasteiger partial charge in [-0.05, 0) is 25.7 Å². The fraction of sp³-hybridized carbons (Fsp3) is 0.867. The Balaban J connectivity index is 1.90. The number of hydrogen-bond acceptors (Lipinski definition) is 2. The molecule has 19 heavy (non-hydrogen) atoms. The zero-order chi connectivity index (χ0) is 13.3. The van der Waals surface area contributed by atoms with Crippen molar-refractivity contribution in [1.82, 2.24) is 10.2 Å². The highest BCUT2D eigenvalue weighted by Crippen LogP contribution is 2.39. The van der Waals surface area contributed by atoms with E-state index in [0.717, 1.165) is 38.5 Å². The molecule has 106 valence electrons. The summed E-state index contributed by atoms with van der Waals surface area (Å²) in [5.74, 6) is 0.255. The van der Waals surface area contributed by atoms with E-state index in [1.54, 1.807) is 0 Å². The molecule has 0 unspecified atom stereocenters. The summed E-state index contributed by atoms with van der Waals surface area (Å²) in [6.07, 6.45) is 10.9. The maximum Gasteiger partial charge on any atom is 0.246 e. The Morgan fingerprint density at radius 1 is 0.947 bits per heavy atom. The van der Waals surface area contributed by atoms with Crippen molar-refractivity contribution in [3.63, 3.8) is 0 Å². The number of nitrogens with one attached hydrogen (secondary N) is 1. The van der Waals surface area contributed by atoms with Crippen LogP contribution in [-0.4, -0.2) is 34.8 Å². The number of piperazine rings is 1. The van der Waals surface area contributed by atoms with Crippen LogP contribution in [0.5, 0.6) is 0 Å². The summed E-state index contributed by atoms with van der Waals surface area (Å²) in [7, 11) is 0. The normalized spacial score (nSPS) is 28.5. The molecule has 3 fully saturated rings. The molecule has 1 N–H and O–H groups in total. The molecule has 1 spiro atoms. The van der Waals surface area contributed by atoms with Gasteiger partial charge in [0.1, 0.15) is 5.54 Å². The van der Waals surface area contributed by atoms with E-state index in [0.29, 0.717) is 6.04 Å². The summed E-state index contributed by atoms with van der Waals surface area (Å²) in [5.41, 5.74) is -0.504. The van der Waals surface area contributed by atoms with Crippen molar-refractivity contribution in [3.05, 3.63) is 0 Å². The number of carbonyl (C=O) groups excluding carboxylic acids is 2. The van der Waals surface area contributed by atoms with E-state index in [9.17, 15) is 9.59 Å². The van der Waals surface area contributed by atoms with Crippen molar-refractivity contribution >= 4 is 11.8 Å². The summed E-state index contributed by atoms with van der Waals surface area (Å²) in [5, 5.41) is 2.83. The number of rotatable bonds is 1. The first-order valence-corrected chi connectivity index (χ1v) is 7.84. The van der Waals surface area contributed by atoms with E-state index in [1.807, 2.05) is 4.90 Å². The van der Waals surface area contributed by atoms with Crippen molar-refractivity contribution in [2.45, 2.75) is 75.8 Å². The predicted molar refractivity (Wildman–Crippen MR) is 72.5 cm³/mol. The fourth-order valence-corrected chi connectivity index (χ4v) is 4.25. The van der Waals surface area contributed by atoms with Crippen molar-refractivity contribution in [2.75, 3.05) is 6.54 Å². The molecular weight excluding hydrogens is 240 g/mol. The first-order valence-electron chi connectivity index (χ1n) is 7.84. The molecule has 0 atom stereocenters. The third-order valence-electron chi connectivity index (χ3n) is 5.17. The lowest BCUT2D eigenvalue weighted by Crippen LogP contribution is -2.70. The standard InChI is InChI=1S/C15H24N2O2/c18-13-11-16-14(19)15(9-5-2-6-10-15)17(13)12-7-3-1-4-8-12/h12H,1-11H2,(H,16,19). The molecule has 4 nitrogen and oxygen atoms in total. The minimum atomic E-state index is -0.504. The lowest BCUT2D eigenvalue weighted by molar-refractivity contribution is -0.161. The maximum atomic E-state index is 12.5. The monoisotopic (exact) mass is 264 g/mol. The molecule has 2 saturated carbocycles. The lowest BCUT2D eigenvalue weighted by atomic mass is 9.76. The van der Waals surface area contributed by atoms with E-state index in [2.05, 4.69) is 5.32 Å². The van der Waals surface area contributed by atoms with Gasteiger partial charge in [0.15, 0.2) is 0 Å². The summed E-state index contributed by atoms with van der Waals surface area (Å²) >= 11 is 0. The number of hydrogen-bond donors (Lipinski definition) is 1. The van der Waals surface area contributed by atoms with Gasteiger partial charge in [-0.15, -0.1) is 0 Å². The molecule has 0 aromatic rings. The average molecular weight is 264 g/mol. The van der Waals surface area contributed by atoms with Crippen LogP contribution in [0.4, 0.5) is 0 Å². The van der Waals surface area contributed by atoms with Crippen molar-refractivity contribution < 1.29 is 9.59 Å². The minimum Gasteiger partial charge on any atom is -0.345 e. The number of carbonyl (C=O) groups is 2. The number of nitrogens with zero attached hydrogens (tertiary/aromatic N) is 1. The Morgan fingerprint density at radius 2 is 1.58 bits per heavy atom. The summed E-state index contributed by atoms with van der Waals surface area (Å²) in [6, 6.07) is 0.311. The summed E-state index contributed by atoms with van der Waals surface area (Å²) < 4.78 is 0. The van der Waals surface area contributed by atoms with E-state index in [-0.39, 0.29) is 18.4 Å². The van der Waals surface area contributed by atoms with Gasteiger partial charge in [-0.3, -0.25) is 9.59 Å². The Morgan fingerprint density at radius 3 is 2.26 bits per heavy atom. The molecule has 2 amide bonds. The summed E-state index contributed by atoms with van der Waals surface area (Å²) in [4.78, 5) is 26.9. The highest BCUT2D eigenvalue weighted by molar-refractivity contribution is 5.98. The van der Waals surface area contributed by atoms with Crippen LogP contribution in [0.25, 0.3) is 0 Å². The minimum absolute atomic E-state index is 0.109. The first kappa shape index (κ1) is 12.9. The zero-order valence-electron chi connectivity index (χ0n) is 11.6. The molecule has 2 aliphatic carbocycles. The quantitative estimate of drug-likeness (QED) is 0.787. The molecule has 1 saturated heterocycles. The molecule has 0 aromatic heterocycles.